The zero-order valence-electron chi connectivity index (χ0n) is 9.23. The topological polar surface area (TPSA) is 26.3 Å². The molecule has 0 aromatic rings. The predicted octanol–water partition coefficient (Wildman–Crippen LogP) is 3.00. The summed E-state index contributed by atoms with van der Waals surface area (Å²) < 4.78 is 18.8. The maximum Gasteiger partial charge on any atom is 0.344 e. The Morgan fingerprint density at radius 3 is 2.43 bits per heavy atom. The second-order valence-corrected chi connectivity index (χ2v) is 4.60. The third kappa shape index (κ3) is 2.46. The fourth-order valence-electron chi connectivity index (χ4n) is 1.70. The van der Waals surface area contributed by atoms with E-state index in [4.69, 9.17) is 4.74 Å². The molecule has 1 unspecified atom stereocenters. The molecule has 82 valence electrons. The van der Waals surface area contributed by atoms with E-state index in [0.29, 0.717) is 0 Å². The minimum absolute atomic E-state index is 0.169. The van der Waals surface area contributed by atoms with Crippen LogP contribution < -0.4 is 0 Å². The largest absolute Gasteiger partial charge is 0.457 e. The predicted molar refractivity (Wildman–Crippen MR) is 52.8 cm³/mol. The van der Waals surface area contributed by atoms with Gasteiger partial charge in [-0.3, -0.25) is 0 Å². The monoisotopic (exact) mass is 202 g/mol. The van der Waals surface area contributed by atoms with Crippen LogP contribution in [0.5, 0.6) is 0 Å². The zero-order chi connectivity index (χ0) is 10.8. The minimum atomic E-state index is -1.83. The third-order valence-electron chi connectivity index (χ3n) is 3.09. The second-order valence-electron chi connectivity index (χ2n) is 4.60. The summed E-state index contributed by atoms with van der Waals surface area (Å²) in [5, 5.41) is 0. The van der Waals surface area contributed by atoms with Crippen molar-refractivity contribution in [3.8, 4) is 0 Å². The van der Waals surface area contributed by atoms with Crippen LogP contribution in [0, 0.1) is 0 Å². The fraction of sp³-hybridized carbons (Fsp3) is 0.909. The second kappa shape index (κ2) is 3.87. The van der Waals surface area contributed by atoms with Crippen LogP contribution in [-0.2, 0) is 9.53 Å². The smallest absolute Gasteiger partial charge is 0.344 e. The Bertz CT molecular complexity index is 217. The molecule has 1 fully saturated rings. The van der Waals surface area contributed by atoms with Gasteiger partial charge in [0, 0.05) is 0 Å². The summed E-state index contributed by atoms with van der Waals surface area (Å²) in [6, 6.07) is 0. The fourth-order valence-corrected chi connectivity index (χ4v) is 1.70. The van der Waals surface area contributed by atoms with Crippen molar-refractivity contribution in [3.63, 3.8) is 0 Å². The van der Waals surface area contributed by atoms with Crippen molar-refractivity contribution in [1.82, 2.24) is 0 Å². The van der Waals surface area contributed by atoms with Crippen LogP contribution in [0.3, 0.4) is 0 Å². The molecule has 0 bridgehead atoms. The van der Waals surface area contributed by atoms with E-state index in [1.54, 1.807) is 6.92 Å². The number of alkyl halides is 1. The van der Waals surface area contributed by atoms with Gasteiger partial charge < -0.3 is 4.74 Å². The molecule has 0 radical (unpaired) electrons. The van der Waals surface area contributed by atoms with Crippen LogP contribution in [0.1, 0.15) is 52.9 Å². The molecule has 1 aliphatic carbocycles. The molecule has 0 aromatic heterocycles. The lowest BCUT2D eigenvalue weighted by Gasteiger charge is -2.28. The zero-order valence-corrected chi connectivity index (χ0v) is 9.23. The molecule has 0 spiro atoms. The Balaban J connectivity index is 2.55. The van der Waals surface area contributed by atoms with Crippen LogP contribution in [0.2, 0.25) is 0 Å². The molecule has 14 heavy (non-hydrogen) atoms. The lowest BCUT2D eigenvalue weighted by molar-refractivity contribution is -0.171. The van der Waals surface area contributed by atoms with E-state index in [1.807, 2.05) is 6.92 Å². The molecule has 1 aliphatic rings. The van der Waals surface area contributed by atoms with Crippen molar-refractivity contribution < 1.29 is 13.9 Å². The molecule has 0 aliphatic heterocycles. The van der Waals surface area contributed by atoms with Crippen molar-refractivity contribution in [2.45, 2.75) is 64.1 Å². The number of esters is 1. The first-order valence-electron chi connectivity index (χ1n) is 5.32. The molecule has 0 saturated heterocycles. The van der Waals surface area contributed by atoms with Gasteiger partial charge in [0.1, 0.15) is 5.60 Å². The van der Waals surface area contributed by atoms with Crippen LogP contribution in [0.15, 0.2) is 0 Å². The lowest BCUT2D eigenvalue weighted by atomic mass is 10.0. The Labute approximate surface area is 84.8 Å². The van der Waals surface area contributed by atoms with Gasteiger partial charge in [-0.2, -0.15) is 0 Å². The van der Waals surface area contributed by atoms with E-state index >= 15 is 0 Å². The average molecular weight is 202 g/mol. The Morgan fingerprint density at radius 2 is 2.00 bits per heavy atom. The van der Waals surface area contributed by atoms with Gasteiger partial charge in [0.25, 0.3) is 0 Å². The molecule has 0 N–H and O–H groups in total. The number of hydrogen-bond acceptors (Lipinski definition) is 2. The third-order valence-corrected chi connectivity index (χ3v) is 3.09. The summed E-state index contributed by atoms with van der Waals surface area (Å²) in [7, 11) is 0. The number of halogens is 1. The highest BCUT2D eigenvalue weighted by Crippen LogP contribution is 2.34. The van der Waals surface area contributed by atoms with Gasteiger partial charge in [0.05, 0.1) is 0 Å². The van der Waals surface area contributed by atoms with Gasteiger partial charge in [-0.25, -0.2) is 9.18 Å². The first-order chi connectivity index (χ1) is 6.40. The first-order valence-corrected chi connectivity index (χ1v) is 5.32. The first kappa shape index (κ1) is 11.5. The standard InChI is InChI=1S/C11H19FO2/c1-4-11(3,12)9(13)14-10(2)7-5-6-8-10/h4-8H2,1-3H3. The van der Waals surface area contributed by atoms with E-state index in [2.05, 4.69) is 0 Å². The quantitative estimate of drug-likeness (QED) is 0.657. The van der Waals surface area contributed by atoms with Crippen LogP contribution >= 0.6 is 0 Å². The van der Waals surface area contributed by atoms with E-state index in [1.165, 1.54) is 6.92 Å². The molecule has 1 atom stereocenters. The molecule has 3 heteroatoms. The minimum Gasteiger partial charge on any atom is -0.457 e. The van der Waals surface area contributed by atoms with E-state index in [9.17, 15) is 9.18 Å². The Morgan fingerprint density at radius 1 is 1.50 bits per heavy atom. The SMILES string of the molecule is CCC(C)(F)C(=O)OC1(C)CCCC1. The average Bonchev–Trinajstić information content (AvgIpc) is 2.52. The van der Waals surface area contributed by atoms with Gasteiger partial charge in [0.2, 0.25) is 5.67 Å². The van der Waals surface area contributed by atoms with Gasteiger partial charge in [-0.15, -0.1) is 0 Å². The van der Waals surface area contributed by atoms with E-state index < -0.39 is 17.2 Å². The molecule has 0 amide bonds. The number of carbonyl (C=O) groups excluding carboxylic acids is 1. The lowest BCUT2D eigenvalue weighted by Crippen LogP contribution is -2.38. The Kier molecular flexibility index (Phi) is 3.17. The maximum absolute atomic E-state index is 13.6. The van der Waals surface area contributed by atoms with Gasteiger partial charge in [-0.1, -0.05) is 6.92 Å². The van der Waals surface area contributed by atoms with Crippen LogP contribution in [-0.4, -0.2) is 17.2 Å². The molecule has 1 saturated carbocycles. The van der Waals surface area contributed by atoms with Crippen molar-refractivity contribution >= 4 is 5.97 Å². The number of carbonyl (C=O) groups is 1. The van der Waals surface area contributed by atoms with Crippen LogP contribution in [0.25, 0.3) is 0 Å². The molecule has 0 heterocycles. The van der Waals surface area contributed by atoms with Gasteiger partial charge in [0.15, 0.2) is 0 Å². The molecule has 1 rings (SSSR count). The maximum atomic E-state index is 13.6. The molecular formula is C11H19FO2. The molecule has 2 nitrogen and oxygen atoms in total. The van der Waals surface area contributed by atoms with Crippen molar-refractivity contribution in [2.75, 3.05) is 0 Å². The molecule has 0 aromatic carbocycles. The van der Waals surface area contributed by atoms with Gasteiger partial charge in [-0.05, 0) is 46.0 Å². The van der Waals surface area contributed by atoms with E-state index in [-0.39, 0.29) is 6.42 Å². The summed E-state index contributed by atoms with van der Waals surface area (Å²) >= 11 is 0. The molecular weight excluding hydrogens is 183 g/mol. The summed E-state index contributed by atoms with van der Waals surface area (Å²) in [4.78, 5) is 11.5. The van der Waals surface area contributed by atoms with Crippen molar-refractivity contribution in [2.24, 2.45) is 0 Å². The number of rotatable bonds is 3. The van der Waals surface area contributed by atoms with Crippen LogP contribution in [0.4, 0.5) is 4.39 Å². The highest BCUT2D eigenvalue weighted by atomic mass is 19.1. The summed E-state index contributed by atoms with van der Waals surface area (Å²) in [6.07, 6.45) is 4.02. The normalized spacial score (nSPS) is 24.3. The summed E-state index contributed by atoms with van der Waals surface area (Å²) in [5.74, 6) is -0.704. The highest BCUT2D eigenvalue weighted by Gasteiger charge is 2.39. The number of ether oxygens (including phenoxy) is 1. The van der Waals surface area contributed by atoms with Crippen molar-refractivity contribution in [3.05, 3.63) is 0 Å². The van der Waals surface area contributed by atoms with Crippen molar-refractivity contribution in [1.29, 1.82) is 0 Å². The number of hydrogen-bond donors (Lipinski definition) is 0. The summed E-state index contributed by atoms with van der Waals surface area (Å²) in [5.41, 5.74) is -2.24. The van der Waals surface area contributed by atoms with E-state index in [0.717, 1.165) is 25.7 Å². The van der Waals surface area contributed by atoms with Gasteiger partial charge >= 0.3 is 5.97 Å². The highest BCUT2D eigenvalue weighted by molar-refractivity contribution is 5.79. The summed E-state index contributed by atoms with van der Waals surface area (Å²) in [6.45, 7) is 4.83. The Hall–Kier alpha value is -0.600.